The van der Waals surface area contributed by atoms with Gasteiger partial charge in [-0.1, -0.05) is 5.21 Å². The van der Waals surface area contributed by atoms with Crippen LogP contribution in [-0.4, -0.2) is 20.9 Å². The van der Waals surface area contributed by atoms with E-state index in [9.17, 15) is 4.79 Å². The first-order chi connectivity index (χ1) is 6.61. The summed E-state index contributed by atoms with van der Waals surface area (Å²) in [6.07, 6.45) is 2.48. The molecule has 2 N–H and O–H groups in total. The van der Waals surface area contributed by atoms with Crippen LogP contribution in [-0.2, 0) is 0 Å². The summed E-state index contributed by atoms with van der Waals surface area (Å²) in [5, 5.41) is 7.75. The number of primary amides is 1. The lowest BCUT2D eigenvalue weighted by Gasteiger charge is -2.11. The maximum Gasteiger partial charge on any atom is 0.271 e. The summed E-state index contributed by atoms with van der Waals surface area (Å²) >= 11 is 0. The van der Waals surface area contributed by atoms with Gasteiger partial charge in [0.2, 0.25) is 0 Å². The molecule has 1 aromatic rings. The minimum atomic E-state index is -0.503. The van der Waals surface area contributed by atoms with Crippen LogP contribution >= 0.6 is 0 Å². The first-order valence-electron chi connectivity index (χ1n) is 4.83. The Morgan fingerprint density at radius 1 is 1.64 bits per heavy atom. The standard InChI is InChI=1S/C9H14N4O/c1-5(7-3-4-7)13-6(2)8(9(10)14)11-12-13/h5,7H,3-4H2,1-2H3,(H2,10,14). The summed E-state index contributed by atoms with van der Waals surface area (Å²) in [6.45, 7) is 3.93. The first kappa shape index (κ1) is 9.18. The number of nitrogens with zero attached hydrogens (tertiary/aromatic N) is 3. The maximum atomic E-state index is 10.9. The van der Waals surface area contributed by atoms with E-state index >= 15 is 0 Å². The molecule has 0 spiro atoms. The molecule has 1 saturated carbocycles. The number of carbonyl (C=O) groups excluding carboxylic acids is 1. The first-order valence-corrected chi connectivity index (χ1v) is 4.83. The molecule has 2 rings (SSSR count). The van der Waals surface area contributed by atoms with Crippen molar-refractivity contribution in [2.24, 2.45) is 11.7 Å². The van der Waals surface area contributed by atoms with E-state index in [-0.39, 0.29) is 5.69 Å². The average molecular weight is 194 g/mol. The van der Waals surface area contributed by atoms with E-state index in [0.29, 0.717) is 12.0 Å². The summed E-state index contributed by atoms with van der Waals surface area (Å²) in [5.74, 6) is 0.188. The molecule has 5 heteroatoms. The Morgan fingerprint density at radius 3 is 2.71 bits per heavy atom. The lowest BCUT2D eigenvalue weighted by molar-refractivity contribution is 0.0995. The molecule has 1 fully saturated rings. The second kappa shape index (κ2) is 3.08. The molecule has 0 saturated heterocycles. The molecule has 5 nitrogen and oxygen atoms in total. The van der Waals surface area contributed by atoms with Crippen LogP contribution < -0.4 is 5.73 Å². The fourth-order valence-electron chi connectivity index (χ4n) is 1.73. The zero-order chi connectivity index (χ0) is 10.3. The highest BCUT2D eigenvalue weighted by atomic mass is 16.1. The third-order valence-corrected chi connectivity index (χ3v) is 2.85. The van der Waals surface area contributed by atoms with Crippen LogP contribution in [0.1, 0.15) is 42.0 Å². The smallest absolute Gasteiger partial charge is 0.271 e. The Balaban J connectivity index is 2.30. The van der Waals surface area contributed by atoms with E-state index < -0.39 is 5.91 Å². The zero-order valence-corrected chi connectivity index (χ0v) is 8.40. The van der Waals surface area contributed by atoms with Gasteiger partial charge in [0.05, 0.1) is 11.7 Å². The molecule has 1 aliphatic rings. The highest BCUT2D eigenvalue weighted by molar-refractivity contribution is 5.91. The fourth-order valence-corrected chi connectivity index (χ4v) is 1.73. The van der Waals surface area contributed by atoms with Gasteiger partial charge in [0, 0.05) is 0 Å². The second-order valence-electron chi connectivity index (χ2n) is 3.91. The van der Waals surface area contributed by atoms with Crippen molar-refractivity contribution in [2.75, 3.05) is 0 Å². The van der Waals surface area contributed by atoms with Crippen LogP contribution in [0.25, 0.3) is 0 Å². The topological polar surface area (TPSA) is 73.8 Å². The van der Waals surface area contributed by atoms with Crippen LogP contribution in [0.2, 0.25) is 0 Å². The SMILES string of the molecule is Cc1c(C(N)=O)nnn1C(C)C1CC1. The Bertz CT molecular complexity index is 367. The quantitative estimate of drug-likeness (QED) is 0.768. The van der Waals surface area contributed by atoms with Gasteiger partial charge >= 0.3 is 0 Å². The van der Waals surface area contributed by atoms with Crippen molar-refractivity contribution in [2.45, 2.75) is 32.7 Å². The highest BCUT2D eigenvalue weighted by Crippen LogP contribution is 2.39. The predicted molar refractivity (Wildman–Crippen MR) is 50.7 cm³/mol. The van der Waals surface area contributed by atoms with Gasteiger partial charge in [-0.15, -0.1) is 5.10 Å². The van der Waals surface area contributed by atoms with Crippen molar-refractivity contribution in [3.05, 3.63) is 11.4 Å². The Hall–Kier alpha value is -1.39. The molecule has 1 heterocycles. The Morgan fingerprint density at radius 2 is 2.29 bits per heavy atom. The molecule has 1 unspecified atom stereocenters. The van der Waals surface area contributed by atoms with Crippen molar-refractivity contribution in [3.63, 3.8) is 0 Å². The molecular formula is C9H14N4O. The predicted octanol–water partition coefficient (Wildman–Crippen LogP) is 0.656. The molecule has 1 atom stereocenters. The van der Waals surface area contributed by atoms with Gasteiger partial charge in [-0.3, -0.25) is 4.79 Å². The third kappa shape index (κ3) is 1.38. The van der Waals surface area contributed by atoms with Crippen molar-refractivity contribution in [1.82, 2.24) is 15.0 Å². The summed E-state index contributed by atoms with van der Waals surface area (Å²) < 4.78 is 1.80. The van der Waals surface area contributed by atoms with E-state index in [1.807, 2.05) is 6.92 Å². The monoisotopic (exact) mass is 194 g/mol. The van der Waals surface area contributed by atoms with Crippen molar-refractivity contribution >= 4 is 5.91 Å². The number of hydrogen-bond donors (Lipinski definition) is 1. The number of aromatic nitrogens is 3. The minimum absolute atomic E-state index is 0.289. The maximum absolute atomic E-state index is 10.9. The Kier molecular flexibility index (Phi) is 2.02. The number of hydrogen-bond acceptors (Lipinski definition) is 3. The van der Waals surface area contributed by atoms with Gasteiger partial charge in [-0.05, 0) is 32.6 Å². The lowest BCUT2D eigenvalue weighted by atomic mass is 10.2. The van der Waals surface area contributed by atoms with Gasteiger partial charge in [0.15, 0.2) is 5.69 Å². The van der Waals surface area contributed by atoms with E-state index in [1.165, 1.54) is 12.8 Å². The van der Waals surface area contributed by atoms with Crippen molar-refractivity contribution in [1.29, 1.82) is 0 Å². The molecule has 0 bridgehead atoms. The van der Waals surface area contributed by atoms with Crippen molar-refractivity contribution < 1.29 is 4.79 Å². The van der Waals surface area contributed by atoms with Gasteiger partial charge in [0.1, 0.15) is 0 Å². The van der Waals surface area contributed by atoms with Gasteiger partial charge in [0.25, 0.3) is 5.91 Å². The van der Waals surface area contributed by atoms with Crippen LogP contribution in [0.5, 0.6) is 0 Å². The van der Waals surface area contributed by atoms with E-state index in [2.05, 4.69) is 17.2 Å². The van der Waals surface area contributed by atoms with Gasteiger partial charge in [-0.2, -0.15) is 0 Å². The summed E-state index contributed by atoms with van der Waals surface area (Å²) in [7, 11) is 0. The number of rotatable bonds is 3. The third-order valence-electron chi connectivity index (χ3n) is 2.85. The minimum Gasteiger partial charge on any atom is -0.364 e. The van der Waals surface area contributed by atoms with Gasteiger partial charge in [-0.25, -0.2) is 4.68 Å². The summed E-state index contributed by atoms with van der Waals surface area (Å²) in [4.78, 5) is 10.9. The number of amides is 1. The van der Waals surface area contributed by atoms with Crippen LogP contribution in [0, 0.1) is 12.8 Å². The van der Waals surface area contributed by atoms with E-state index in [0.717, 1.165) is 5.69 Å². The van der Waals surface area contributed by atoms with Crippen LogP contribution in [0.3, 0.4) is 0 Å². The molecule has 14 heavy (non-hydrogen) atoms. The zero-order valence-electron chi connectivity index (χ0n) is 8.40. The van der Waals surface area contributed by atoms with E-state index in [4.69, 9.17) is 5.73 Å². The molecule has 1 amide bonds. The molecule has 1 aliphatic carbocycles. The summed E-state index contributed by atoms with van der Waals surface area (Å²) in [6, 6.07) is 0.329. The molecular weight excluding hydrogens is 180 g/mol. The molecule has 0 aliphatic heterocycles. The van der Waals surface area contributed by atoms with E-state index in [1.54, 1.807) is 4.68 Å². The van der Waals surface area contributed by atoms with Gasteiger partial charge < -0.3 is 5.73 Å². The fraction of sp³-hybridized carbons (Fsp3) is 0.667. The number of carbonyl (C=O) groups is 1. The van der Waals surface area contributed by atoms with Crippen molar-refractivity contribution in [3.8, 4) is 0 Å². The molecule has 0 aromatic carbocycles. The highest BCUT2D eigenvalue weighted by Gasteiger charge is 2.31. The van der Waals surface area contributed by atoms with Crippen LogP contribution in [0.4, 0.5) is 0 Å². The Labute approximate surface area is 82.3 Å². The summed E-state index contributed by atoms with van der Waals surface area (Å²) in [5.41, 5.74) is 6.23. The molecule has 76 valence electrons. The second-order valence-corrected chi connectivity index (χ2v) is 3.91. The lowest BCUT2D eigenvalue weighted by Crippen LogP contribution is -2.15. The average Bonchev–Trinajstić information content (AvgIpc) is 2.88. The normalized spacial score (nSPS) is 18.1. The van der Waals surface area contributed by atoms with Crippen LogP contribution in [0.15, 0.2) is 0 Å². The molecule has 1 aromatic heterocycles. The number of nitrogens with two attached hydrogens (primary N) is 1. The molecule has 0 radical (unpaired) electrons. The largest absolute Gasteiger partial charge is 0.364 e.